The number of aromatic nitrogens is 6. The van der Waals surface area contributed by atoms with Crippen LogP contribution >= 0.6 is 0 Å². The molecular weight excluding hydrogens is 344 g/mol. The van der Waals surface area contributed by atoms with Gasteiger partial charge in [-0.2, -0.15) is 0 Å². The van der Waals surface area contributed by atoms with Crippen LogP contribution in [0.4, 0.5) is 11.6 Å². The number of hydrogen-bond donors (Lipinski definition) is 0. The van der Waals surface area contributed by atoms with Gasteiger partial charge in [0.05, 0.1) is 25.0 Å². The van der Waals surface area contributed by atoms with E-state index in [9.17, 15) is 0 Å². The molecule has 0 amide bonds. The van der Waals surface area contributed by atoms with Crippen molar-refractivity contribution in [3.05, 3.63) is 30.7 Å². The minimum absolute atomic E-state index is 0.418. The summed E-state index contributed by atoms with van der Waals surface area (Å²) in [6, 6.07) is 2.82. The molecule has 2 bridgehead atoms. The van der Waals surface area contributed by atoms with Crippen molar-refractivity contribution in [2.75, 3.05) is 36.6 Å². The normalized spacial score (nSPS) is 21.6. The van der Waals surface area contributed by atoms with E-state index in [2.05, 4.69) is 34.7 Å². The van der Waals surface area contributed by atoms with Gasteiger partial charge in [0.25, 0.3) is 0 Å². The minimum atomic E-state index is 0.418. The fourth-order valence-electron chi connectivity index (χ4n) is 4.17. The number of methoxy groups -OCH3 is 1. The lowest BCUT2D eigenvalue weighted by molar-refractivity contribution is 0.188. The highest BCUT2D eigenvalue weighted by molar-refractivity contribution is 5.84. The van der Waals surface area contributed by atoms with E-state index < -0.39 is 0 Å². The molecule has 0 aliphatic carbocycles. The van der Waals surface area contributed by atoms with Gasteiger partial charge in [0, 0.05) is 32.9 Å². The Bertz CT molecular complexity index is 961. The van der Waals surface area contributed by atoms with Gasteiger partial charge in [0.2, 0.25) is 0 Å². The lowest BCUT2D eigenvalue weighted by Crippen LogP contribution is -2.69. The van der Waals surface area contributed by atoms with Gasteiger partial charge in [-0.15, -0.1) is 0 Å². The second-order valence-corrected chi connectivity index (χ2v) is 7.12. The first kappa shape index (κ1) is 16.4. The Labute approximate surface area is 157 Å². The maximum absolute atomic E-state index is 5.18. The van der Waals surface area contributed by atoms with Crippen LogP contribution in [-0.2, 0) is 11.3 Å². The topological polar surface area (TPSA) is 85.1 Å². The highest BCUT2D eigenvalue weighted by Gasteiger charge is 2.46. The van der Waals surface area contributed by atoms with E-state index in [0.29, 0.717) is 18.7 Å². The summed E-state index contributed by atoms with van der Waals surface area (Å²) in [5.74, 6) is 2.76. The number of nitrogens with zero attached hydrogens (tertiary/aromatic N) is 8. The molecule has 0 saturated carbocycles. The number of rotatable bonds is 5. The van der Waals surface area contributed by atoms with Gasteiger partial charge in [-0.1, -0.05) is 0 Å². The molecular formula is C18H22N8O. The molecule has 140 valence electrons. The van der Waals surface area contributed by atoms with E-state index in [4.69, 9.17) is 4.74 Å². The molecule has 3 fully saturated rings. The molecule has 2 atom stereocenters. The van der Waals surface area contributed by atoms with Crippen molar-refractivity contribution >= 4 is 22.8 Å². The fraction of sp³-hybridized carbons (Fsp3) is 0.500. The zero-order valence-corrected chi connectivity index (χ0v) is 15.5. The summed E-state index contributed by atoms with van der Waals surface area (Å²) in [5.41, 5.74) is 1.74. The van der Waals surface area contributed by atoms with Crippen molar-refractivity contribution in [3.63, 3.8) is 0 Å². The number of aryl methyl sites for hydroxylation is 1. The lowest BCUT2D eigenvalue weighted by atomic mass is 9.87. The van der Waals surface area contributed by atoms with Crippen LogP contribution in [0, 0.1) is 6.92 Å². The Kier molecular flexibility index (Phi) is 3.89. The molecule has 0 spiro atoms. The molecule has 3 aliphatic rings. The molecule has 6 heterocycles. The lowest BCUT2D eigenvalue weighted by Gasteiger charge is -2.57. The molecule has 3 aromatic rings. The summed E-state index contributed by atoms with van der Waals surface area (Å²) in [6.07, 6.45) is 6.47. The number of hydrogen-bond acceptors (Lipinski definition) is 8. The van der Waals surface area contributed by atoms with Gasteiger partial charge in [-0.3, -0.25) is 0 Å². The summed E-state index contributed by atoms with van der Waals surface area (Å²) in [6.45, 7) is 5.16. The van der Waals surface area contributed by atoms with Crippen molar-refractivity contribution in [3.8, 4) is 0 Å². The van der Waals surface area contributed by atoms with Crippen molar-refractivity contribution in [2.24, 2.45) is 0 Å². The second-order valence-electron chi connectivity index (χ2n) is 7.12. The average molecular weight is 366 g/mol. The van der Waals surface area contributed by atoms with Crippen molar-refractivity contribution in [1.29, 1.82) is 0 Å². The number of fused-ring (bicyclic) bond motifs is 3. The zero-order chi connectivity index (χ0) is 18.4. The minimum Gasteiger partial charge on any atom is -0.383 e. The summed E-state index contributed by atoms with van der Waals surface area (Å²) < 4.78 is 7.20. The maximum atomic E-state index is 5.18. The summed E-state index contributed by atoms with van der Waals surface area (Å²) >= 11 is 0. The van der Waals surface area contributed by atoms with Crippen LogP contribution < -0.4 is 9.80 Å². The predicted molar refractivity (Wildman–Crippen MR) is 101 cm³/mol. The van der Waals surface area contributed by atoms with Gasteiger partial charge in [-0.25, -0.2) is 24.9 Å². The Morgan fingerprint density at radius 2 is 2.00 bits per heavy atom. The zero-order valence-electron chi connectivity index (χ0n) is 15.5. The molecule has 3 aromatic heterocycles. The first-order valence-corrected chi connectivity index (χ1v) is 9.22. The molecule has 0 aromatic carbocycles. The molecule has 27 heavy (non-hydrogen) atoms. The summed E-state index contributed by atoms with van der Waals surface area (Å²) in [7, 11) is 1.70. The predicted octanol–water partition coefficient (Wildman–Crippen LogP) is 1.04. The molecule has 0 N–H and O–H groups in total. The third-order valence-electron chi connectivity index (χ3n) is 5.44. The van der Waals surface area contributed by atoms with Gasteiger partial charge in [0.1, 0.15) is 18.0 Å². The second kappa shape index (κ2) is 6.41. The van der Waals surface area contributed by atoms with Crippen LogP contribution in [0.1, 0.15) is 12.2 Å². The standard InChI is InChI=1S/C18H22N8O/c1-12-19-4-3-15(23-12)25-8-13-7-14(9-25)26(13)18-16-17(20-10-21-18)24(11-22-16)5-6-27-2/h3-4,10-11,13-14H,5-9H2,1-2H3. The molecule has 2 unspecified atom stereocenters. The van der Waals surface area contributed by atoms with E-state index >= 15 is 0 Å². The van der Waals surface area contributed by atoms with Crippen LogP contribution in [0.5, 0.6) is 0 Å². The van der Waals surface area contributed by atoms with E-state index in [1.807, 2.05) is 30.1 Å². The molecule has 0 radical (unpaired) electrons. The van der Waals surface area contributed by atoms with Crippen LogP contribution in [0.15, 0.2) is 24.9 Å². The molecule has 3 saturated heterocycles. The molecule has 9 nitrogen and oxygen atoms in total. The van der Waals surface area contributed by atoms with Crippen LogP contribution in [-0.4, -0.2) is 68.4 Å². The Hall–Kier alpha value is -2.81. The summed E-state index contributed by atoms with van der Waals surface area (Å²) in [5, 5.41) is 0. The summed E-state index contributed by atoms with van der Waals surface area (Å²) in [4.78, 5) is 27.1. The number of anilines is 2. The van der Waals surface area contributed by atoms with E-state index in [-0.39, 0.29) is 0 Å². The van der Waals surface area contributed by atoms with Gasteiger partial charge >= 0.3 is 0 Å². The third kappa shape index (κ3) is 2.69. The third-order valence-corrected chi connectivity index (χ3v) is 5.44. The van der Waals surface area contributed by atoms with Gasteiger partial charge in [-0.05, 0) is 19.4 Å². The van der Waals surface area contributed by atoms with Crippen molar-refractivity contribution in [1.82, 2.24) is 29.5 Å². The van der Waals surface area contributed by atoms with Gasteiger partial charge < -0.3 is 19.1 Å². The molecule has 9 heteroatoms. The quantitative estimate of drug-likeness (QED) is 0.662. The van der Waals surface area contributed by atoms with E-state index in [1.54, 1.807) is 13.4 Å². The van der Waals surface area contributed by atoms with Crippen LogP contribution in [0.25, 0.3) is 11.2 Å². The molecule has 6 rings (SSSR count). The maximum Gasteiger partial charge on any atom is 0.165 e. The number of imidazole rings is 1. The first-order valence-electron chi connectivity index (χ1n) is 9.22. The number of piperazine rings is 1. The Balaban J connectivity index is 1.40. The monoisotopic (exact) mass is 366 g/mol. The number of ether oxygens (including phenoxy) is 1. The van der Waals surface area contributed by atoms with Crippen molar-refractivity contribution < 1.29 is 4.74 Å². The fourth-order valence-corrected chi connectivity index (χ4v) is 4.17. The van der Waals surface area contributed by atoms with E-state index in [0.717, 1.165) is 48.3 Å². The number of piperidine rings is 1. The first-order chi connectivity index (χ1) is 13.2. The van der Waals surface area contributed by atoms with Crippen LogP contribution in [0.3, 0.4) is 0 Å². The highest BCUT2D eigenvalue weighted by atomic mass is 16.5. The Morgan fingerprint density at radius 3 is 2.78 bits per heavy atom. The average Bonchev–Trinajstić information content (AvgIpc) is 3.10. The van der Waals surface area contributed by atoms with Gasteiger partial charge in [0.15, 0.2) is 17.0 Å². The van der Waals surface area contributed by atoms with E-state index in [1.165, 1.54) is 6.42 Å². The van der Waals surface area contributed by atoms with Crippen molar-refractivity contribution in [2.45, 2.75) is 32.0 Å². The largest absolute Gasteiger partial charge is 0.383 e. The molecule has 3 aliphatic heterocycles. The SMILES string of the molecule is COCCn1cnc2c(N3C4CC3CN(c3ccnc(C)n3)C4)ncnc21. The van der Waals surface area contributed by atoms with Crippen LogP contribution in [0.2, 0.25) is 0 Å². The smallest absolute Gasteiger partial charge is 0.165 e. The highest BCUT2D eigenvalue weighted by Crippen LogP contribution is 2.39. The Morgan fingerprint density at radius 1 is 1.15 bits per heavy atom.